The SMILES string of the molecule is CCCCCCCC(=O)N(C/C(C)=C/c1ccccc1)Cc1ccccc1. The lowest BCUT2D eigenvalue weighted by Gasteiger charge is -2.23. The predicted molar refractivity (Wildman–Crippen MR) is 115 cm³/mol. The van der Waals surface area contributed by atoms with Gasteiger partial charge in [-0.1, -0.05) is 105 Å². The van der Waals surface area contributed by atoms with Crippen LogP contribution in [0.2, 0.25) is 0 Å². The van der Waals surface area contributed by atoms with Crippen LogP contribution in [0.3, 0.4) is 0 Å². The molecule has 0 bridgehead atoms. The fourth-order valence-corrected chi connectivity index (χ4v) is 3.25. The molecule has 1 amide bonds. The smallest absolute Gasteiger partial charge is 0.223 e. The summed E-state index contributed by atoms with van der Waals surface area (Å²) >= 11 is 0. The van der Waals surface area contributed by atoms with Gasteiger partial charge >= 0.3 is 0 Å². The van der Waals surface area contributed by atoms with Crippen molar-refractivity contribution in [2.75, 3.05) is 6.54 Å². The van der Waals surface area contributed by atoms with Crippen LogP contribution in [0.25, 0.3) is 6.08 Å². The molecule has 144 valence electrons. The van der Waals surface area contributed by atoms with Gasteiger partial charge in [0, 0.05) is 19.5 Å². The fraction of sp³-hybridized carbons (Fsp3) is 0.400. The van der Waals surface area contributed by atoms with E-state index in [1.54, 1.807) is 0 Å². The van der Waals surface area contributed by atoms with Crippen molar-refractivity contribution >= 4 is 12.0 Å². The van der Waals surface area contributed by atoms with Crippen LogP contribution in [0.15, 0.2) is 66.2 Å². The monoisotopic (exact) mass is 363 g/mol. The molecule has 2 aromatic carbocycles. The molecule has 0 atom stereocenters. The van der Waals surface area contributed by atoms with Crippen LogP contribution < -0.4 is 0 Å². The van der Waals surface area contributed by atoms with E-state index in [-0.39, 0.29) is 5.91 Å². The molecule has 2 heteroatoms. The lowest BCUT2D eigenvalue weighted by atomic mass is 10.1. The molecule has 2 nitrogen and oxygen atoms in total. The number of hydrogen-bond acceptors (Lipinski definition) is 1. The van der Waals surface area contributed by atoms with Gasteiger partial charge in [0.15, 0.2) is 0 Å². The number of benzene rings is 2. The average molecular weight is 364 g/mol. The molecule has 0 aliphatic rings. The van der Waals surface area contributed by atoms with Gasteiger partial charge in [-0.2, -0.15) is 0 Å². The number of amides is 1. The van der Waals surface area contributed by atoms with Crippen molar-refractivity contribution in [3.8, 4) is 0 Å². The van der Waals surface area contributed by atoms with Crippen LogP contribution in [-0.4, -0.2) is 17.4 Å². The summed E-state index contributed by atoms with van der Waals surface area (Å²) < 4.78 is 0. The van der Waals surface area contributed by atoms with Crippen molar-refractivity contribution in [3.05, 3.63) is 77.4 Å². The Bertz CT molecular complexity index is 691. The fourth-order valence-electron chi connectivity index (χ4n) is 3.25. The molecule has 0 saturated carbocycles. The van der Waals surface area contributed by atoms with Crippen LogP contribution in [0, 0.1) is 0 Å². The molecule has 2 rings (SSSR count). The van der Waals surface area contributed by atoms with Gasteiger partial charge in [-0.15, -0.1) is 0 Å². The third-order valence-electron chi connectivity index (χ3n) is 4.72. The first kappa shape index (κ1) is 21.0. The number of carbonyl (C=O) groups excluding carboxylic acids is 1. The van der Waals surface area contributed by atoms with E-state index in [0.29, 0.717) is 19.5 Å². The van der Waals surface area contributed by atoms with Crippen LogP contribution in [0.4, 0.5) is 0 Å². The minimum absolute atomic E-state index is 0.260. The second-order valence-electron chi connectivity index (χ2n) is 7.30. The van der Waals surface area contributed by atoms with Gasteiger partial charge in [0.2, 0.25) is 5.91 Å². The Labute approximate surface area is 164 Å². The summed E-state index contributed by atoms with van der Waals surface area (Å²) in [6, 6.07) is 20.6. The molecular formula is C25H33NO. The Kier molecular flexibility index (Phi) is 9.40. The zero-order valence-corrected chi connectivity index (χ0v) is 16.9. The maximum atomic E-state index is 12.9. The van der Waals surface area contributed by atoms with Gasteiger partial charge in [-0.25, -0.2) is 0 Å². The number of nitrogens with zero attached hydrogens (tertiary/aromatic N) is 1. The van der Waals surface area contributed by atoms with E-state index < -0.39 is 0 Å². The quantitative estimate of drug-likeness (QED) is 0.418. The molecular weight excluding hydrogens is 330 g/mol. The van der Waals surface area contributed by atoms with Crippen LogP contribution in [-0.2, 0) is 11.3 Å². The Balaban J connectivity index is 2.00. The Hall–Kier alpha value is -2.35. The molecule has 27 heavy (non-hydrogen) atoms. The number of unbranched alkanes of at least 4 members (excludes halogenated alkanes) is 4. The summed E-state index contributed by atoms with van der Waals surface area (Å²) in [5.74, 6) is 0.260. The van der Waals surface area contributed by atoms with E-state index in [0.717, 1.165) is 12.8 Å². The second-order valence-corrected chi connectivity index (χ2v) is 7.30. The molecule has 0 heterocycles. The van der Waals surface area contributed by atoms with Gasteiger partial charge in [-0.05, 0) is 24.5 Å². The molecule has 0 spiro atoms. The molecule has 0 aliphatic carbocycles. The summed E-state index contributed by atoms with van der Waals surface area (Å²) in [5.41, 5.74) is 3.57. The highest BCUT2D eigenvalue weighted by molar-refractivity contribution is 5.76. The summed E-state index contributed by atoms with van der Waals surface area (Å²) in [5, 5.41) is 0. The maximum absolute atomic E-state index is 12.9. The topological polar surface area (TPSA) is 20.3 Å². The van der Waals surface area contributed by atoms with Gasteiger partial charge in [-0.3, -0.25) is 4.79 Å². The number of rotatable bonds is 11. The average Bonchev–Trinajstić information content (AvgIpc) is 2.68. The molecule has 0 fully saturated rings. The molecule has 2 aromatic rings. The first-order chi connectivity index (χ1) is 13.2. The predicted octanol–water partition coefficient (Wildman–Crippen LogP) is 6.48. The van der Waals surface area contributed by atoms with Crippen LogP contribution >= 0.6 is 0 Å². The third-order valence-corrected chi connectivity index (χ3v) is 4.72. The van der Waals surface area contributed by atoms with Crippen LogP contribution in [0.5, 0.6) is 0 Å². The van der Waals surface area contributed by atoms with E-state index in [4.69, 9.17) is 0 Å². The van der Waals surface area contributed by atoms with Crippen LogP contribution in [0.1, 0.15) is 63.5 Å². The van der Waals surface area contributed by atoms with Crippen molar-refractivity contribution < 1.29 is 4.79 Å². The zero-order chi connectivity index (χ0) is 19.3. The van der Waals surface area contributed by atoms with Gasteiger partial charge < -0.3 is 4.90 Å². The molecule has 0 radical (unpaired) electrons. The van der Waals surface area contributed by atoms with Gasteiger partial charge in [0.05, 0.1) is 0 Å². The first-order valence-corrected chi connectivity index (χ1v) is 10.2. The minimum Gasteiger partial charge on any atom is -0.334 e. The van der Waals surface area contributed by atoms with Crippen molar-refractivity contribution in [2.45, 2.75) is 58.9 Å². The number of hydrogen-bond donors (Lipinski definition) is 0. The highest BCUT2D eigenvalue weighted by atomic mass is 16.2. The van der Waals surface area contributed by atoms with Crippen molar-refractivity contribution in [3.63, 3.8) is 0 Å². The third kappa shape index (κ3) is 8.25. The molecule has 0 N–H and O–H groups in total. The summed E-state index contributed by atoms with van der Waals surface area (Å²) in [6.07, 6.45) is 8.69. The highest BCUT2D eigenvalue weighted by Crippen LogP contribution is 2.14. The highest BCUT2D eigenvalue weighted by Gasteiger charge is 2.14. The Morgan fingerprint density at radius 1 is 0.889 bits per heavy atom. The second kappa shape index (κ2) is 12.1. The molecule has 0 aromatic heterocycles. The van der Waals surface area contributed by atoms with Gasteiger partial charge in [0.25, 0.3) is 0 Å². The lowest BCUT2D eigenvalue weighted by Crippen LogP contribution is -2.31. The Morgan fingerprint density at radius 2 is 1.52 bits per heavy atom. The zero-order valence-electron chi connectivity index (χ0n) is 16.9. The maximum Gasteiger partial charge on any atom is 0.223 e. The van der Waals surface area contributed by atoms with Crippen molar-refractivity contribution in [2.24, 2.45) is 0 Å². The Morgan fingerprint density at radius 3 is 2.19 bits per heavy atom. The summed E-state index contributed by atoms with van der Waals surface area (Å²) in [6.45, 7) is 5.68. The standard InChI is InChI=1S/C25H33NO/c1-3-4-5-6-13-18-25(27)26(21-24-16-11-8-12-17-24)20-22(2)19-23-14-9-7-10-15-23/h7-12,14-17,19H,3-6,13,18,20-21H2,1-2H3/b22-19+. The summed E-state index contributed by atoms with van der Waals surface area (Å²) in [7, 11) is 0. The molecule has 0 aliphatic heterocycles. The van der Waals surface area contributed by atoms with E-state index in [1.165, 1.54) is 36.0 Å². The van der Waals surface area contributed by atoms with Gasteiger partial charge in [0.1, 0.15) is 0 Å². The minimum atomic E-state index is 0.260. The van der Waals surface area contributed by atoms with E-state index in [2.05, 4.69) is 44.2 Å². The van der Waals surface area contributed by atoms with Crippen molar-refractivity contribution in [1.29, 1.82) is 0 Å². The normalized spacial score (nSPS) is 11.4. The van der Waals surface area contributed by atoms with E-state index in [1.807, 2.05) is 41.3 Å². The number of carbonyl (C=O) groups is 1. The van der Waals surface area contributed by atoms with Crippen molar-refractivity contribution in [1.82, 2.24) is 4.90 Å². The molecule has 0 unspecified atom stereocenters. The summed E-state index contributed by atoms with van der Waals surface area (Å²) in [4.78, 5) is 14.9. The largest absolute Gasteiger partial charge is 0.334 e. The lowest BCUT2D eigenvalue weighted by molar-refractivity contribution is -0.131. The molecule has 0 saturated heterocycles. The first-order valence-electron chi connectivity index (χ1n) is 10.2. The van der Waals surface area contributed by atoms with E-state index >= 15 is 0 Å². The van der Waals surface area contributed by atoms with E-state index in [9.17, 15) is 4.79 Å².